The second-order valence-electron chi connectivity index (χ2n) is 5.91. The second kappa shape index (κ2) is 8.82. The Hall–Kier alpha value is -2.95. The number of anilines is 1. The number of nitro benzene ring substituents is 1. The number of para-hydroxylation sites is 1. The van der Waals surface area contributed by atoms with E-state index in [1.807, 2.05) is 0 Å². The molecule has 2 aromatic carbocycles. The van der Waals surface area contributed by atoms with Crippen LogP contribution >= 0.6 is 22.9 Å². The first-order valence-corrected chi connectivity index (χ1v) is 11.3. The van der Waals surface area contributed by atoms with Crippen molar-refractivity contribution in [2.75, 3.05) is 11.3 Å². The number of rotatable bonds is 7. The van der Waals surface area contributed by atoms with Gasteiger partial charge in [0.25, 0.3) is 15.7 Å². The normalized spacial score (nSPS) is 11.1. The van der Waals surface area contributed by atoms with Crippen LogP contribution in [-0.2, 0) is 14.8 Å². The summed E-state index contributed by atoms with van der Waals surface area (Å²) >= 11 is 6.89. The minimum Gasteiger partial charge on any atom is -0.462 e. The highest BCUT2D eigenvalue weighted by Crippen LogP contribution is 2.38. The molecule has 3 rings (SSSR count). The zero-order chi connectivity index (χ0) is 21.9. The van der Waals surface area contributed by atoms with Gasteiger partial charge in [-0.2, -0.15) is 0 Å². The number of carbonyl (C=O) groups excluding carboxylic acids is 1. The van der Waals surface area contributed by atoms with Gasteiger partial charge in [0.15, 0.2) is 4.90 Å². The number of nitrogens with zero attached hydrogens (tertiary/aromatic N) is 1. The van der Waals surface area contributed by atoms with Crippen molar-refractivity contribution in [3.8, 4) is 11.1 Å². The van der Waals surface area contributed by atoms with Gasteiger partial charge in [-0.15, -0.1) is 11.3 Å². The monoisotopic (exact) mass is 466 g/mol. The molecule has 1 heterocycles. The van der Waals surface area contributed by atoms with E-state index in [2.05, 4.69) is 4.72 Å². The maximum absolute atomic E-state index is 12.9. The SMILES string of the molecule is CCOC(=O)c1c(-c2ccc(Cl)cc2)csc1NS(=O)(=O)c1ccccc1[N+](=O)[O-]. The van der Waals surface area contributed by atoms with E-state index in [1.54, 1.807) is 36.6 Å². The fourth-order valence-electron chi connectivity index (χ4n) is 2.69. The minimum absolute atomic E-state index is 0.00319. The molecule has 0 bridgehead atoms. The summed E-state index contributed by atoms with van der Waals surface area (Å²) in [6, 6.07) is 11.6. The average Bonchev–Trinajstić information content (AvgIpc) is 3.11. The van der Waals surface area contributed by atoms with Gasteiger partial charge in [0.2, 0.25) is 0 Å². The average molecular weight is 467 g/mol. The molecule has 0 saturated carbocycles. The summed E-state index contributed by atoms with van der Waals surface area (Å²) in [7, 11) is -4.35. The minimum atomic E-state index is -4.35. The van der Waals surface area contributed by atoms with Crippen LogP contribution in [0.5, 0.6) is 0 Å². The van der Waals surface area contributed by atoms with Crippen LogP contribution in [0, 0.1) is 10.1 Å². The highest BCUT2D eigenvalue weighted by atomic mass is 35.5. The highest BCUT2D eigenvalue weighted by molar-refractivity contribution is 7.93. The molecule has 0 amide bonds. The van der Waals surface area contributed by atoms with Gasteiger partial charge in [-0.25, -0.2) is 13.2 Å². The predicted octanol–water partition coefficient (Wildman–Crippen LogP) is 4.95. The predicted molar refractivity (Wildman–Crippen MR) is 115 cm³/mol. The van der Waals surface area contributed by atoms with E-state index in [0.29, 0.717) is 16.1 Å². The maximum Gasteiger partial charge on any atom is 0.341 e. The standard InChI is InChI=1S/C19H15ClN2O6S2/c1-2-28-19(23)17-14(12-7-9-13(20)10-8-12)11-29-18(17)21-30(26,27)16-6-4-3-5-15(16)22(24)25/h3-11,21H,2H2,1H3. The van der Waals surface area contributed by atoms with Crippen molar-refractivity contribution in [3.05, 3.63) is 74.6 Å². The molecule has 1 N–H and O–H groups in total. The van der Waals surface area contributed by atoms with Gasteiger partial charge in [0, 0.05) is 22.0 Å². The quantitative estimate of drug-likeness (QED) is 0.299. The number of nitrogens with one attached hydrogen (secondary N) is 1. The number of benzene rings is 2. The summed E-state index contributed by atoms with van der Waals surface area (Å²) < 4.78 is 33.1. The zero-order valence-corrected chi connectivity index (χ0v) is 17.9. The van der Waals surface area contributed by atoms with Crippen molar-refractivity contribution < 1.29 is 22.9 Å². The smallest absolute Gasteiger partial charge is 0.341 e. The highest BCUT2D eigenvalue weighted by Gasteiger charge is 2.29. The third-order valence-corrected chi connectivity index (χ3v) is 6.68. The van der Waals surface area contributed by atoms with Gasteiger partial charge in [-0.05, 0) is 30.7 Å². The lowest BCUT2D eigenvalue weighted by molar-refractivity contribution is -0.387. The summed E-state index contributed by atoms with van der Waals surface area (Å²) in [6.07, 6.45) is 0. The molecule has 0 unspecified atom stereocenters. The third-order valence-electron chi connectivity index (χ3n) is 4.00. The molecule has 3 aromatic rings. The topological polar surface area (TPSA) is 116 Å². The fourth-order valence-corrected chi connectivity index (χ4v) is 5.27. The van der Waals surface area contributed by atoms with Gasteiger partial charge < -0.3 is 4.74 Å². The molecular formula is C19H15ClN2O6S2. The lowest BCUT2D eigenvalue weighted by atomic mass is 10.0. The number of ether oxygens (including phenoxy) is 1. The van der Waals surface area contributed by atoms with Crippen LogP contribution in [0.3, 0.4) is 0 Å². The molecule has 0 fully saturated rings. The van der Waals surface area contributed by atoms with E-state index in [9.17, 15) is 23.3 Å². The Morgan fingerprint density at radius 2 is 1.87 bits per heavy atom. The van der Waals surface area contributed by atoms with Crippen molar-refractivity contribution in [3.63, 3.8) is 0 Å². The molecule has 0 aliphatic carbocycles. The Labute approximate surface area is 181 Å². The number of hydrogen-bond donors (Lipinski definition) is 1. The Balaban J connectivity index is 2.09. The summed E-state index contributed by atoms with van der Waals surface area (Å²) in [4.78, 5) is 22.5. The lowest BCUT2D eigenvalue weighted by Gasteiger charge is -2.10. The van der Waals surface area contributed by atoms with E-state index in [-0.39, 0.29) is 17.2 Å². The van der Waals surface area contributed by atoms with Crippen LogP contribution in [0.15, 0.2) is 58.8 Å². The first kappa shape index (κ1) is 21.8. The van der Waals surface area contributed by atoms with Gasteiger partial charge in [0.05, 0.1) is 11.5 Å². The molecule has 0 saturated heterocycles. The van der Waals surface area contributed by atoms with E-state index in [0.717, 1.165) is 23.5 Å². The molecule has 0 radical (unpaired) electrons. The van der Waals surface area contributed by atoms with Crippen molar-refractivity contribution in [2.24, 2.45) is 0 Å². The number of sulfonamides is 1. The fraction of sp³-hybridized carbons (Fsp3) is 0.105. The summed E-state index contributed by atoms with van der Waals surface area (Å²) in [5.74, 6) is -0.719. The third kappa shape index (κ3) is 4.45. The summed E-state index contributed by atoms with van der Waals surface area (Å²) in [5, 5.41) is 13.3. The Bertz CT molecular complexity index is 1210. The van der Waals surface area contributed by atoms with Crippen molar-refractivity contribution in [1.82, 2.24) is 0 Å². The zero-order valence-electron chi connectivity index (χ0n) is 15.5. The Morgan fingerprint density at radius 3 is 2.50 bits per heavy atom. The van der Waals surface area contributed by atoms with Crippen LogP contribution in [0.1, 0.15) is 17.3 Å². The van der Waals surface area contributed by atoms with Crippen molar-refractivity contribution in [2.45, 2.75) is 11.8 Å². The number of hydrogen-bond acceptors (Lipinski definition) is 7. The van der Waals surface area contributed by atoms with Crippen molar-refractivity contribution >= 4 is 49.6 Å². The van der Waals surface area contributed by atoms with Crippen LogP contribution in [0.4, 0.5) is 10.7 Å². The number of nitro groups is 1. The van der Waals surface area contributed by atoms with E-state index in [4.69, 9.17) is 16.3 Å². The Kier molecular flexibility index (Phi) is 6.40. The van der Waals surface area contributed by atoms with Gasteiger partial charge in [-0.1, -0.05) is 35.9 Å². The molecule has 30 heavy (non-hydrogen) atoms. The maximum atomic E-state index is 12.9. The van der Waals surface area contributed by atoms with Crippen LogP contribution in [-0.4, -0.2) is 25.9 Å². The molecule has 1 aromatic heterocycles. The molecule has 11 heteroatoms. The number of esters is 1. The second-order valence-corrected chi connectivity index (χ2v) is 8.88. The van der Waals surface area contributed by atoms with Gasteiger partial charge in [0.1, 0.15) is 10.6 Å². The van der Waals surface area contributed by atoms with Crippen LogP contribution in [0.25, 0.3) is 11.1 Å². The first-order valence-electron chi connectivity index (χ1n) is 8.55. The first-order chi connectivity index (χ1) is 14.2. The number of halogens is 1. The van der Waals surface area contributed by atoms with Gasteiger partial charge >= 0.3 is 5.97 Å². The lowest BCUT2D eigenvalue weighted by Crippen LogP contribution is -2.16. The van der Waals surface area contributed by atoms with Gasteiger partial charge in [-0.3, -0.25) is 14.8 Å². The molecule has 0 spiro atoms. The number of thiophene rings is 1. The summed E-state index contributed by atoms with van der Waals surface area (Å²) in [5.41, 5.74) is 0.536. The molecule has 8 nitrogen and oxygen atoms in total. The van der Waals surface area contributed by atoms with Crippen LogP contribution < -0.4 is 4.72 Å². The van der Waals surface area contributed by atoms with Crippen molar-refractivity contribution in [1.29, 1.82) is 0 Å². The molecule has 0 atom stereocenters. The Morgan fingerprint density at radius 1 is 1.20 bits per heavy atom. The molecular weight excluding hydrogens is 452 g/mol. The number of carbonyl (C=O) groups is 1. The summed E-state index contributed by atoms with van der Waals surface area (Å²) in [6.45, 7) is 1.72. The molecule has 156 valence electrons. The van der Waals surface area contributed by atoms with Crippen LogP contribution in [0.2, 0.25) is 5.02 Å². The molecule has 0 aliphatic rings. The van der Waals surface area contributed by atoms with E-state index in [1.165, 1.54) is 12.1 Å². The largest absolute Gasteiger partial charge is 0.462 e. The van der Waals surface area contributed by atoms with E-state index >= 15 is 0 Å². The van der Waals surface area contributed by atoms with E-state index < -0.39 is 31.5 Å². The molecule has 0 aliphatic heterocycles.